The summed E-state index contributed by atoms with van der Waals surface area (Å²) < 4.78 is 6.71. The number of aliphatic imine (C=N–C) groups is 1. The standard InChI is InChI=1S/C21H35BrN4O/c1-5-17(13-18-7-6-8-19(22)14-18)15-24-20(23-2)25-16-21(26(3)4)9-11-27-12-10-21/h6-8,14,17H,5,9-13,15-16H2,1-4H3,(H2,23,24,25). The van der Waals surface area contributed by atoms with Crippen molar-refractivity contribution < 1.29 is 4.74 Å². The van der Waals surface area contributed by atoms with Crippen LogP contribution in [0.4, 0.5) is 0 Å². The van der Waals surface area contributed by atoms with Gasteiger partial charge in [0.05, 0.1) is 0 Å². The van der Waals surface area contributed by atoms with Gasteiger partial charge in [0, 0.05) is 43.4 Å². The number of ether oxygens (including phenoxy) is 1. The minimum atomic E-state index is 0.135. The van der Waals surface area contributed by atoms with E-state index in [1.54, 1.807) is 0 Å². The first kappa shape index (κ1) is 22.2. The molecule has 1 fully saturated rings. The first-order valence-corrected chi connectivity index (χ1v) is 10.7. The van der Waals surface area contributed by atoms with E-state index in [-0.39, 0.29) is 5.54 Å². The average Bonchev–Trinajstić information content (AvgIpc) is 2.67. The zero-order valence-corrected chi connectivity index (χ0v) is 18.8. The highest BCUT2D eigenvalue weighted by Gasteiger charge is 2.34. The third-order valence-corrected chi connectivity index (χ3v) is 6.22. The molecule has 1 aliphatic heterocycles. The minimum Gasteiger partial charge on any atom is -0.381 e. The van der Waals surface area contributed by atoms with E-state index in [2.05, 4.69) is 81.7 Å². The Labute approximate surface area is 173 Å². The van der Waals surface area contributed by atoms with E-state index in [0.29, 0.717) is 5.92 Å². The lowest BCUT2D eigenvalue weighted by Gasteiger charge is -2.43. The highest BCUT2D eigenvalue weighted by molar-refractivity contribution is 9.10. The van der Waals surface area contributed by atoms with Gasteiger partial charge in [0.25, 0.3) is 0 Å². The van der Waals surface area contributed by atoms with Gasteiger partial charge in [-0.15, -0.1) is 0 Å². The van der Waals surface area contributed by atoms with Gasteiger partial charge in [-0.2, -0.15) is 0 Å². The lowest BCUT2D eigenvalue weighted by molar-refractivity contribution is -0.00501. The van der Waals surface area contributed by atoms with E-state index in [1.165, 1.54) is 5.56 Å². The number of hydrogen-bond donors (Lipinski definition) is 2. The normalized spacial score (nSPS) is 18.4. The molecular weight excluding hydrogens is 404 g/mol. The monoisotopic (exact) mass is 438 g/mol. The Hall–Kier alpha value is -1.11. The molecular formula is C21H35BrN4O. The predicted octanol–water partition coefficient (Wildman–Crippen LogP) is 3.29. The summed E-state index contributed by atoms with van der Waals surface area (Å²) in [5.74, 6) is 1.46. The summed E-state index contributed by atoms with van der Waals surface area (Å²) in [4.78, 5) is 6.76. The number of rotatable bonds is 8. The van der Waals surface area contributed by atoms with Crippen LogP contribution in [0.15, 0.2) is 33.7 Å². The number of nitrogens with zero attached hydrogens (tertiary/aromatic N) is 2. The van der Waals surface area contributed by atoms with Crippen LogP contribution in [-0.4, -0.2) is 63.8 Å². The topological polar surface area (TPSA) is 48.9 Å². The highest BCUT2D eigenvalue weighted by Crippen LogP contribution is 2.25. The number of benzene rings is 1. The third kappa shape index (κ3) is 6.77. The van der Waals surface area contributed by atoms with E-state index >= 15 is 0 Å². The van der Waals surface area contributed by atoms with E-state index in [0.717, 1.165) is 62.4 Å². The summed E-state index contributed by atoms with van der Waals surface area (Å²) in [6.45, 7) is 5.71. The van der Waals surface area contributed by atoms with Gasteiger partial charge >= 0.3 is 0 Å². The summed E-state index contributed by atoms with van der Waals surface area (Å²) in [5.41, 5.74) is 1.51. The van der Waals surface area contributed by atoms with Crippen LogP contribution in [-0.2, 0) is 11.2 Å². The lowest BCUT2D eigenvalue weighted by Crippen LogP contribution is -2.57. The Bertz CT molecular complexity index is 600. The Morgan fingerprint density at radius 3 is 2.63 bits per heavy atom. The quantitative estimate of drug-likeness (QED) is 0.482. The van der Waals surface area contributed by atoms with Crippen molar-refractivity contribution >= 4 is 21.9 Å². The van der Waals surface area contributed by atoms with E-state index in [9.17, 15) is 0 Å². The molecule has 1 aromatic carbocycles. The summed E-state index contributed by atoms with van der Waals surface area (Å²) in [6, 6.07) is 8.59. The van der Waals surface area contributed by atoms with Crippen molar-refractivity contribution in [3.05, 3.63) is 34.3 Å². The van der Waals surface area contributed by atoms with Gasteiger partial charge in [0.2, 0.25) is 0 Å². The molecule has 2 rings (SSSR count). The molecule has 0 aliphatic carbocycles. The van der Waals surface area contributed by atoms with Gasteiger partial charge in [-0.05, 0) is 57.0 Å². The maximum absolute atomic E-state index is 5.56. The Kier molecular flexibility index (Phi) is 9.06. The zero-order chi connectivity index (χ0) is 19.7. The second-order valence-electron chi connectivity index (χ2n) is 7.65. The first-order valence-electron chi connectivity index (χ1n) is 9.93. The molecule has 0 saturated carbocycles. The fourth-order valence-corrected chi connectivity index (χ4v) is 4.05. The molecule has 1 saturated heterocycles. The summed E-state index contributed by atoms with van der Waals surface area (Å²) in [7, 11) is 6.17. The van der Waals surface area contributed by atoms with E-state index in [1.807, 2.05) is 7.05 Å². The predicted molar refractivity (Wildman–Crippen MR) is 117 cm³/mol. The van der Waals surface area contributed by atoms with Crippen molar-refractivity contribution in [1.29, 1.82) is 0 Å². The average molecular weight is 439 g/mol. The maximum Gasteiger partial charge on any atom is 0.191 e. The Balaban J connectivity index is 1.86. The van der Waals surface area contributed by atoms with Crippen LogP contribution in [0.25, 0.3) is 0 Å². The van der Waals surface area contributed by atoms with Crippen LogP contribution in [0.2, 0.25) is 0 Å². The smallest absolute Gasteiger partial charge is 0.191 e. The van der Waals surface area contributed by atoms with Crippen molar-refractivity contribution in [1.82, 2.24) is 15.5 Å². The third-order valence-electron chi connectivity index (χ3n) is 5.73. The van der Waals surface area contributed by atoms with Gasteiger partial charge in [-0.1, -0.05) is 41.4 Å². The van der Waals surface area contributed by atoms with Crippen molar-refractivity contribution in [3.63, 3.8) is 0 Å². The second kappa shape index (κ2) is 11.0. The van der Waals surface area contributed by atoms with Gasteiger partial charge < -0.3 is 20.3 Å². The largest absolute Gasteiger partial charge is 0.381 e. The van der Waals surface area contributed by atoms with Crippen LogP contribution < -0.4 is 10.6 Å². The van der Waals surface area contributed by atoms with Crippen LogP contribution in [0.5, 0.6) is 0 Å². The second-order valence-corrected chi connectivity index (χ2v) is 8.56. The SMILES string of the molecule is CCC(CNC(=NC)NCC1(N(C)C)CCOCC1)Cc1cccc(Br)c1. The van der Waals surface area contributed by atoms with Crippen LogP contribution in [0, 0.1) is 5.92 Å². The van der Waals surface area contributed by atoms with Gasteiger partial charge in [0.15, 0.2) is 5.96 Å². The first-order chi connectivity index (χ1) is 13.0. The molecule has 152 valence electrons. The molecule has 0 amide bonds. The minimum absolute atomic E-state index is 0.135. The fraction of sp³-hybridized carbons (Fsp3) is 0.667. The molecule has 1 aliphatic rings. The maximum atomic E-state index is 5.56. The molecule has 1 atom stereocenters. The molecule has 1 unspecified atom stereocenters. The summed E-state index contributed by atoms with van der Waals surface area (Å²) >= 11 is 3.56. The van der Waals surface area contributed by atoms with Crippen molar-refractivity contribution in [2.24, 2.45) is 10.9 Å². The Morgan fingerprint density at radius 2 is 2.04 bits per heavy atom. The van der Waals surface area contributed by atoms with Crippen LogP contribution in [0.1, 0.15) is 31.7 Å². The molecule has 0 aromatic heterocycles. The number of nitrogens with one attached hydrogen (secondary N) is 2. The van der Waals surface area contributed by atoms with Crippen molar-refractivity contribution in [2.75, 3.05) is 47.4 Å². The van der Waals surface area contributed by atoms with E-state index in [4.69, 9.17) is 4.74 Å². The lowest BCUT2D eigenvalue weighted by atomic mass is 9.88. The molecule has 0 spiro atoms. The number of halogens is 1. The van der Waals surface area contributed by atoms with Gasteiger partial charge in [-0.25, -0.2) is 0 Å². The molecule has 2 N–H and O–H groups in total. The van der Waals surface area contributed by atoms with Crippen LogP contribution in [0.3, 0.4) is 0 Å². The summed E-state index contributed by atoms with van der Waals surface area (Å²) in [6.07, 6.45) is 4.29. The fourth-order valence-electron chi connectivity index (χ4n) is 3.60. The molecule has 1 heterocycles. The number of likely N-dealkylation sites (N-methyl/N-ethyl adjacent to an activating group) is 1. The van der Waals surface area contributed by atoms with Gasteiger partial charge in [0.1, 0.15) is 0 Å². The molecule has 1 aromatic rings. The van der Waals surface area contributed by atoms with Crippen molar-refractivity contribution in [2.45, 2.75) is 38.1 Å². The molecule has 27 heavy (non-hydrogen) atoms. The number of guanidine groups is 1. The summed E-state index contributed by atoms with van der Waals surface area (Å²) in [5, 5.41) is 7.08. The van der Waals surface area contributed by atoms with E-state index < -0.39 is 0 Å². The zero-order valence-electron chi connectivity index (χ0n) is 17.2. The van der Waals surface area contributed by atoms with Crippen LogP contribution >= 0.6 is 15.9 Å². The Morgan fingerprint density at radius 1 is 1.30 bits per heavy atom. The molecule has 0 radical (unpaired) electrons. The highest BCUT2D eigenvalue weighted by atomic mass is 79.9. The number of hydrogen-bond acceptors (Lipinski definition) is 3. The molecule has 6 heteroatoms. The molecule has 0 bridgehead atoms. The van der Waals surface area contributed by atoms with Crippen molar-refractivity contribution in [3.8, 4) is 0 Å². The van der Waals surface area contributed by atoms with Gasteiger partial charge in [-0.3, -0.25) is 4.99 Å². The molecule has 5 nitrogen and oxygen atoms in total.